The quantitative estimate of drug-likeness (QED) is 0.907. The first-order chi connectivity index (χ1) is 8.69. The summed E-state index contributed by atoms with van der Waals surface area (Å²) < 4.78 is 31.3. The maximum Gasteiger partial charge on any atom is 0.138 e. The monoisotopic (exact) mass is 251 g/mol. The maximum atomic E-state index is 13.3. The highest BCUT2D eigenvalue weighted by molar-refractivity contribution is 5.22. The molecule has 0 saturated heterocycles. The SMILES string of the molecule is OCc1ccc(OCc2ccc(F)cc2F)cn1. The van der Waals surface area contributed by atoms with Crippen LogP contribution in [0.5, 0.6) is 5.75 Å². The van der Waals surface area contributed by atoms with Crippen LogP contribution in [0.25, 0.3) is 0 Å². The number of benzene rings is 1. The van der Waals surface area contributed by atoms with Crippen LogP contribution < -0.4 is 4.74 Å². The van der Waals surface area contributed by atoms with Crippen molar-refractivity contribution in [2.24, 2.45) is 0 Å². The Hall–Kier alpha value is -2.01. The predicted octanol–water partition coefficient (Wildman–Crippen LogP) is 2.43. The molecule has 5 heteroatoms. The molecule has 1 aromatic carbocycles. The number of ether oxygens (including phenoxy) is 1. The number of hydrogen-bond acceptors (Lipinski definition) is 3. The van der Waals surface area contributed by atoms with Crippen LogP contribution in [0.15, 0.2) is 36.5 Å². The van der Waals surface area contributed by atoms with Gasteiger partial charge in [0.1, 0.15) is 24.0 Å². The zero-order valence-electron chi connectivity index (χ0n) is 9.44. The van der Waals surface area contributed by atoms with Crippen molar-refractivity contribution in [3.8, 4) is 5.75 Å². The Bertz CT molecular complexity index is 529. The van der Waals surface area contributed by atoms with Crippen LogP contribution in [0.4, 0.5) is 8.78 Å². The van der Waals surface area contributed by atoms with Crippen molar-refractivity contribution < 1.29 is 18.6 Å². The predicted molar refractivity (Wildman–Crippen MR) is 60.8 cm³/mol. The van der Waals surface area contributed by atoms with E-state index in [0.29, 0.717) is 11.4 Å². The highest BCUT2D eigenvalue weighted by atomic mass is 19.1. The lowest BCUT2D eigenvalue weighted by Gasteiger charge is -2.07. The highest BCUT2D eigenvalue weighted by Crippen LogP contribution is 2.14. The van der Waals surface area contributed by atoms with Crippen LogP contribution in [0.1, 0.15) is 11.3 Å². The molecule has 1 heterocycles. The first-order valence-corrected chi connectivity index (χ1v) is 5.31. The Balaban J connectivity index is 2.02. The number of halogens is 2. The van der Waals surface area contributed by atoms with E-state index < -0.39 is 11.6 Å². The summed E-state index contributed by atoms with van der Waals surface area (Å²) in [4.78, 5) is 3.92. The summed E-state index contributed by atoms with van der Waals surface area (Å²) in [5.74, 6) is -0.809. The standard InChI is InChI=1S/C13H11F2NO2/c14-10-2-1-9(13(15)5-10)8-18-12-4-3-11(7-17)16-6-12/h1-6,17H,7-8H2. The largest absolute Gasteiger partial charge is 0.487 e. The van der Waals surface area contributed by atoms with Crippen LogP contribution in [0.3, 0.4) is 0 Å². The van der Waals surface area contributed by atoms with E-state index >= 15 is 0 Å². The van der Waals surface area contributed by atoms with E-state index in [-0.39, 0.29) is 18.8 Å². The van der Waals surface area contributed by atoms with Gasteiger partial charge < -0.3 is 9.84 Å². The molecule has 1 aromatic heterocycles. The van der Waals surface area contributed by atoms with Gasteiger partial charge in [-0.2, -0.15) is 0 Å². The fraction of sp³-hybridized carbons (Fsp3) is 0.154. The second-order valence-electron chi connectivity index (χ2n) is 3.67. The average Bonchev–Trinajstić information content (AvgIpc) is 2.38. The molecule has 1 N–H and O–H groups in total. The Morgan fingerprint density at radius 3 is 2.61 bits per heavy atom. The lowest BCUT2D eigenvalue weighted by molar-refractivity contribution is 0.274. The molecule has 2 aromatic rings. The number of rotatable bonds is 4. The van der Waals surface area contributed by atoms with E-state index in [1.54, 1.807) is 12.1 Å². The van der Waals surface area contributed by atoms with Gasteiger partial charge in [-0.25, -0.2) is 8.78 Å². The van der Waals surface area contributed by atoms with Crippen molar-refractivity contribution in [1.29, 1.82) is 0 Å². The lowest BCUT2D eigenvalue weighted by Crippen LogP contribution is -2.00. The third-order valence-corrected chi connectivity index (χ3v) is 2.37. The molecule has 3 nitrogen and oxygen atoms in total. The van der Waals surface area contributed by atoms with Gasteiger partial charge in [0.2, 0.25) is 0 Å². The van der Waals surface area contributed by atoms with Gasteiger partial charge >= 0.3 is 0 Å². The molecule has 2 rings (SSSR count). The minimum absolute atomic E-state index is 0.00767. The molecule has 0 saturated carbocycles. The van der Waals surface area contributed by atoms with Crippen molar-refractivity contribution in [3.63, 3.8) is 0 Å². The van der Waals surface area contributed by atoms with Gasteiger partial charge in [0.25, 0.3) is 0 Å². The molecule has 0 spiro atoms. The molecule has 0 atom stereocenters. The fourth-order valence-electron chi connectivity index (χ4n) is 1.39. The number of nitrogens with zero attached hydrogens (tertiary/aromatic N) is 1. The number of aliphatic hydroxyl groups excluding tert-OH is 1. The Morgan fingerprint density at radius 2 is 2.00 bits per heavy atom. The number of pyridine rings is 1. The molecule has 0 aliphatic rings. The molecule has 0 amide bonds. The Kier molecular flexibility index (Phi) is 3.84. The van der Waals surface area contributed by atoms with E-state index in [0.717, 1.165) is 6.07 Å². The number of aliphatic hydroxyl groups is 1. The maximum absolute atomic E-state index is 13.3. The second kappa shape index (κ2) is 5.55. The summed E-state index contributed by atoms with van der Waals surface area (Å²) in [6.45, 7) is -0.154. The first-order valence-electron chi connectivity index (χ1n) is 5.31. The topological polar surface area (TPSA) is 42.4 Å². The van der Waals surface area contributed by atoms with E-state index in [2.05, 4.69) is 4.98 Å². The third-order valence-electron chi connectivity index (χ3n) is 2.37. The van der Waals surface area contributed by atoms with E-state index in [1.807, 2.05) is 0 Å². The van der Waals surface area contributed by atoms with Gasteiger partial charge in [-0.15, -0.1) is 0 Å². The van der Waals surface area contributed by atoms with Crippen LogP contribution in [-0.2, 0) is 13.2 Å². The first kappa shape index (κ1) is 12.4. The summed E-state index contributed by atoms with van der Waals surface area (Å²) >= 11 is 0. The van der Waals surface area contributed by atoms with Crippen molar-refractivity contribution in [3.05, 3.63) is 59.4 Å². The Labute approximate surface area is 103 Å². The molecule has 0 aliphatic heterocycles. The number of aromatic nitrogens is 1. The minimum Gasteiger partial charge on any atom is -0.487 e. The van der Waals surface area contributed by atoms with E-state index in [4.69, 9.17) is 9.84 Å². The average molecular weight is 251 g/mol. The fourth-order valence-corrected chi connectivity index (χ4v) is 1.39. The molecule has 0 bridgehead atoms. The van der Waals surface area contributed by atoms with Crippen molar-refractivity contribution in [1.82, 2.24) is 4.98 Å². The second-order valence-corrected chi connectivity index (χ2v) is 3.67. The third kappa shape index (κ3) is 3.01. The molecule has 18 heavy (non-hydrogen) atoms. The van der Waals surface area contributed by atoms with Crippen LogP contribution in [-0.4, -0.2) is 10.1 Å². The zero-order chi connectivity index (χ0) is 13.0. The van der Waals surface area contributed by atoms with Gasteiger partial charge in [0.05, 0.1) is 18.5 Å². The molecule has 0 fully saturated rings. The molecular formula is C13H11F2NO2. The van der Waals surface area contributed by atoms with Crippen molar-refractivity contribution >= 4 is 0 Å². The summed E-state index contributed by atoms with van der Waals surface area (Å²) in [5.41, 5.74) is 0.790. The molecule has 94 valence electrons. The van der Waals surface area contributed by atoms with Gasteiger partial charge in [0.15, 0.2) is 0 Å². The lowest BCUT2D eigenvalue weighted by atomic mass is 10.2. The van der Waals surface area contributed by atoms with Gasteiger partial charge in [-0.1, -0.05) is 0 Å². The van der Waals surface area contributed by atoms with Crippen LogP contribution >= 0.6 is 0 Å². The molecule has 0 unspecified atom stereocenters. The normalized spacial score (nSPS) is 10.4. The van der Waals surface area contributed by atoms with Crippen LogP contribution in [0.2, 0.25) is 0 Å². The van der Waals surface area contributed by atoms with Crippen molar-refractivity contribution in [2.45, 2.75) is 13.2 Å². The van der Waals surface area contributed by atoms with E-state index in [9.17, 15) is 8.78 Å². The zero-order valence-corrected chi connectivity index (χ0v) is 9.44. The van der Waals surface area contributed by atoms with Crippen LogP contribution in [0, 0.1) is 11.6 Å². The smallest absolute Gasteiger partial charge is 0.138 e. The molecule has 0 radical (unpaired) electrons. The van der Waals surface area contributed by atoms with Gasteiger partial charge in [-0.3, -0.25) is 4.98 Å². The molecular weight excluding hydrogens is 240 g/mol. The van der Waals surface area contributed by atoms with Crippen molar-refractivity contribution in [2.75, 3.05) is 0 Å². The molecule has 0 aliphatic carbocycles. The summed E-state index contributed by atoms with van der Waals surface area (Å²) in [6.07, 6.45) is 1.44. The summed E-state index contributed by atoms with van der Waals surface area (Å²) in [6, 6.07) is 6.55. The minimum atomic E-state index is -0.644. The highest BCUT2D eigenvalue weighted by Gasteiger charge is 2.04. The van der Waals surface area contributed by atoms with E-state index in [1.165, 1.54) is 18.3 Å². The van der Waals surface area contributed by atoms with Gasteiger partial charge in [-0.05, 0) is 24.3 Å². The summed E-state index contributed by atoms with van der Waals surface area (Å²) in [5, 5.41) is 8.81. The summed E-state index contributed by atoms with van der Waals surface area (Å²) in [7, 11) is 0. The van der Waals surface area contributed by atoms with Gasteiger partial charge in [0, 0.05) is 11.6 Å². The Morgan fingerprint density at radius 1 is 1.17 bits per heavy atom. The number of hydrogen-bond donors (Lipinski definition) is 1.